The van der Waals surface area contributed by atoms with Gasteiger partial charge in [0.1, 0.15) is 46.0 Å². The molecule has 0 radical (unpaired) electrons. The molecule has 0 saturated carbocycles. The van der Waals surface area contributed by atoms with Crippen LogP contribution in [0.1, 0.15) is 90.4 Å². The molecule has 19 aromatic carbocycles. The number of rotatable bonds is 12. The van der Waals surface area contributed by atoms with Crippen molar-refractivity contribution in [1.29, 1.82) is 0 Å². The van der Waals surface area contributed by atoms with Gasteiger partial charge in [0, 0.05) is 23.7 Å². The van der Waals surface area contributed by atoms with Crippen molar-refractivity contribution in [2.24, 2.45) is 0 Å². The van der Waals surface area contributed by atoms with Crippen molar-refractivity contribution in [2.75, 3.05) is 0 Å². The number of aromatic hydroxyl groups is 8. The Balaban J connectivity index is 0.000000112. The Morgan fingerprint density at radius 1 is 0.136 bits per heavy atom. The molecule has 0 aliphatic rings. The smallest absolute Gasteiger partial charge is 0.115 e. The Morgan fingerprint density at radius 3 is 0.864 bits per heavy atom. The summed E-state index contributed by atoms with van der Waals surface area (Å²) in [6.07, 6.45) is 0. The van der Waals surface area contributed by atoms with E-state index >= 15 is 0 Å². The topological polar surface area (TPSA) is 162 Å². The highest BCUT2D eigenvalue weighted by Crippen LogP contribution is 2.45. The van der Waals surface area contributed by atoms with Crippen LogP contribution in [0.2, 0.25) is 0 Å². The summed E-state index contributed by atoms with van der Waals surface area (Å²) in [5, 5.41) is 95.1. The van der Waals surface area contributed by atoms with Crippen molar-refractivity contribution in [3.05, 3.63) is 455 Å². The molecule has 110 heavy (non-hydrogen) atoms. The lowest BCUT2D eigenvalue weighted by Crippen LogP contribution is -2.04. The fourth-order valence-electron chi connectivity index (χ4n) is 15.8. The minimum atomic E-state index is -0.0225. The van der Waals surface area contributed by atoms with Gasteiger partial charge in [0.15, 0.2) is 0 Å². The van der Waals surface area contributed by atoms with Crippen LogP contribution in [0.5, 0.6) is 46.0 Å². The first-order chi connectivity index (χ1) is 53.8. The van der Waals surface area contributed by atoms with Crippen LogP contribution in [0, 0.1) is 0 Å². The van der Waals surface area contributed by atoms with E-state index in [1.807, 2.05) is 115 Å². The molecule has 0 bridgehead atoms. The Bertz CT molecular complexity index is 6190. The van der Waals surface area contributed by atoms with Gasteiger partial charge in [-0.05, 0) is 245 Å². The first-order valence-corrected chi connectivity index (χ1v) is 36.7. The zero-order valence-electron chi connectivity index (χ0n) is 59.8. The second-order valence-electron chi connectivity index (χ2n) is 27.9. The van der Waals surface area contributed by atoms with Crippen molar-refractivity contribution in [1.82, 2.24) is 0 Å². The highest BCUT2D eigenvalue weighted by molar-refractivity contribution is 6.23. The van der Waals surface area contributed by atoms with Gasteiger partial charge in [-0.25, -0.2) is 0 Å². The van der Waals surface area contributed by atoms with Gasteiger partial charge in [-0.15, -0.1) is 0 Å². The highest BCUT2D eigenvalue weighted by atomic mass is 16.3. The number of phenols is 8. The van der Waals surface area contributed by atoms with E-state index in [0.717, 1.165) is 44.5 Å². The third-order valence-electron chi connectivity index (χ3n) is 21.0. The maximum Gasteiger partial charge on any atom is 0.115 e. The zero-order valence-corrected chi connectivity index (χ0v) is 59.8. The van der Waals surface area contributed by atoms with Crippen molar-refractivity contribution < 1.29 is 40.9 Å². The Morgan fingerprint density at radius 2 is 0.418 bits per heavy atom. The highest BCUT2D eigenvalue weighted by Gasteiger charge is 2.25. The summed E-state index contributed by atoms with van der Waals surface area (Å²) in [7, 11) is 0. The summed E-state index contributed by atoms with van der Waals surface area (Å²) in [5.74, 6) is 2.04. The van der Waals surface area contributed by atoms with Gasteiger partial charge in [0.2, 0.25) is 0 Å². The molecule has 0 atom stereocenters. The Labute approximate surface area is 637 Å². The van der Waals surface area contributed by atoms with Crippen LogP contribution in [0.4, 0.5) is 0 Å². The summed E-state index contributed by atoms with van der Waals surface area (Å²) in [6.45, 7) is 0. The van der Waals surface area contributed by atoms with Crippen molar-refractivity contribution in [3.8, 4) is 46.0 Å². The second kappa shape index (κ2) is 31.0. The monoisotopic (exact) mass is 1430 g/mol. The van der Waals surface area contributed by atoms with Gasteiger partial charge in [-0.1, -0.05) is 285 Å². The summed E-state index contributed by atoms with van der Waals surface area (Å²) < 4.78 is 0. The predicted octanol–water partition coefficient (Wildman–Crippen LogP) is 24.6. The second-order valence-corrected chi connectivity index (χ2v) is 27.9. The first-order valence-electron chi connectivity index (χ1n) is 36.7. The predicted molar refractivity (Wildman–Crippen MR) is 448 cm³/mol. The van der Waals surface area contributed by atoms with E-state index in [9.17, 15) is 40.9 Å². The molecule has 0 unspecified atom stereocenters. The van der Waals surface area contributed by atoms with Crippen LogP contribution in [0.15, 0.2) is 388 Å². The maximum absolute atomic E-state index is 9.84. The van der Waals surface area contributed by atoms with E-state index in [1.165, 1.54) is 97.7 Å². The third kappa shape index (κ3) is 14.7. The molecule has 0 heterocycles. The van der Waals surface area contributed by atoms with E-state index in [0.29, 0.717) is 0 Å². The fourth-order valence-corrected chi connectivity index (χ4v) is 15.8. The third-order valence-corrected chi connectivity index (χ3v) is 21.0. The molecule has 0 amide bonds. The number of benzene rings is 19. The Hall–Kier alpha value is -14.3. The molecule has 0 spiro atoms. The maximum atomic E-state index is 9.84. The van der Waals surface area contributed by atoms with Gasteiger partial charge in [-0.3, -0.25) is 0 Å². The molecule has 532 valence electrons. The lowest BCUT2D eigenvalue weighted by atomic mass is 9.81. The van der Waals surface area contributed by atoms with Crippen molar-refractivity contribution in [3.63, 3.8) is 0 Å². The molecule has 0 fully saturated rings. The van der Waals surface area contributed by atoms with E-state index in [2.05, 4.69) is 176 Å². The number of hydrogen-bond acceptors (Lipinski definition) is 8. The van der Waals surface area contributed by atoms with E-state index in [4.69, 9.17) is 0 Å². The summed E-state index contributed by atoms with van der Waals surface area (Å²) in [4.78, 5) is 0. The molecule has 8 nitrogen and oxygen atoms in total. The molecule has 8 N–H and O–H groups in total. The number of phenolic OH excluding ortho intramolecular Hbond substituents is 8. The summed E-state index contributed by atoms with van der Waals surface area (Å²) in [5.41, 5.74) is 13.6. The van der Waals surface area contributed by atoms with Crippen molar-refractivity contribution >= 4 is 75.4 Å². The number of fused-ring (bicyclic) bond motifs is 5. The van der Waals surface area contributed by atoms with Crippen LogP contribution >= 0.6 is 0 Å². The van der Waals surface area contributed by atoms with Crippen LogP contribution in [-0.2, 0) is 0 Å². The minimum Gasteiger partial charge on any atom is -0.508 e. The van der Waals surface area contributed by atoms with Crippen LogP contribution in [0.3, 0.4) is 0 Å². The average molecular weight is 1430 g/mol. The van der Waals surface area contributed by atoms with Crippen molar-refractivity contribution in [2.45, 2.75) is 23.7 Å². The van der Waals surface area contributed by atoms with Gasteiger partial charge in [0.05, 0.1) is 0 Å². The van der Waals surface area contributed by atoms with Gasteiger partial charge in [0.25, 0.3) is 0 Å². The standard InChI is InChI=1S/C29H20O2.C27H20O2.2C23H18O2/c30-23-12-6-20(7-13-23)27(21-8-14-24(31)15-9-21)25-16-11-22-5-4-18-2-1-3-19-10-17-26(25)29(22)28(18)19;28-21-13-9-18(10-14-21)27(19-11-15-22(29)16-12-19)26-17-20-5-1-2-6-23(20)24-7-3-4-8-25(24)26;24-19-12-8-17(9-13-19)23(18-10-14-20(25)15-11-18)22-7-3-5-16-4-1-2-6-21(16)22;24-21-11-7-17(8-12-21)23(18-9-13-22(25)14-10-18)20-6-5-16-3-1-2-4-19(16)15-20/h1-17,27,30-31H;1-17,27-29H;2*1-15,23-25H. The van der Waals surface area contributed by atoms with Crippen LogP contribution in [0.25, 0.3) is 75.4 Å². The quantitative estimate of drug-likeness (QED) is 0.0443. The van der Waals surface area contributed by atoms with E-state index in [1.54, 1.807) is 97.1 Å². The molecule has 0 aliphatic carbocycles. The average Bonchev–Trinajstić information content (AvgIpc) is 0.734. The molecule has 0 aliphatic heterocycles. The number of hydrogen-bond donors (Lipinski definition) is 8. The zero-order chi connectivity index (χ0) is 75.2. The summed E-state index contributed by atoms with van der Waals surface area (Å²) in [6, 6.07) is 127. The lowest BCUT2D eigenvalue weighted by Gasteiger charge is -2.22. The molecule has 19 aromatic rings. The molecule has 0 aromatic heterocycles. The van der Waals surface area contributed by atoms with E-state index in [-0.39, 0.29) is 69.7 Å². The molecule has 19 rings (SSSR count). The molecule has 0 saturated heterocycles. The first kappa shape index (κ1) is 70.0. The normalized spacial score (nSPS) is 11.3. The molecular weight excluding hydrogens is 1350 g/mol. The fraction of sp³-hybridized carbons (Fsp3) is 0.0392. The molecular formula is C102H76O8. The van der Waals surface area contributed by atoms with Crippen LogP contribution < -0.4 is 0 Å². The Kier molecular flexibility index (Phi) is 19.7. The molecule has 8 heteroatoms. The van der Waals surface area contributed by atoms with Crippen LogP contribution in [-0.4, -0.2) is 40.9 Å². The largest absolute Gasteiger partial charge is 0.508 e. The summed E-state index contributed by atoms with van der Waals surface area (Å²) >= 11 is 0. The minimum absolute atomic E-state index is 0.0206. The van der Waals surface area contributed by atoms with E-state index < -0.39 is 0 Å². The lowest BCUT2D eigenvalue weighted by molar-refractivity contribution is 0.474. The SMILES string of the molecule is Oc1ccc(C(c2ccc(O)cc2)c2cc3ccccc3c3ccccc23)cc1.Oc1ccc(C(c2ccc(O)cc2)c2ccc3ccc4cccc5ccc2c3c45)cc1.Oc1ccc(C(c2ccc(O)cc2)c2ccc3ccccc3c2)cc1.Oc1ccc(C(c2ccc(O)cc2)c2cccc3ccccc23)cc1. The van der Waals surface area contributed by atoms with Gasteiger partial charge in [-0.2, -0.15) is 0 Å². The van der Waals surface area contributed by atoms with Gasteiger partial charge >= 0.3 is 0 Å². The van der Waals surface area contributed by atoms with Gasteiger partial charge < -0.3 is 40.9 Å².